The molecule has 132 valence electrons. The summed E-state index contributed by atoms with van der Waals surface area (Å²) in [5.74, 6) is -0.737. The number of rotatable bonds is 7. The number of halogens is 1. The van der Waals surface area contributed by atoms with Crippen LogP contribution in [0.25, 0.3) is 0 Å². The van der Waals surface area contributed by atoms with Crippen LogP contribution >= 0.6 is 0 Å². The number of carbonyl (C=O) groups is 2. The van der Waals surface area contributed by atoms with Crippen LogP contribution in [0.5, 0.6) is 5.75 Å². The third-order valence-corrected chi connectivity index (χ3v) is 3.96. The van der Waals surface area contributed by atoms with E-state index in [1.165, 1.54) is 19.2 Å². The highest BCUT2D eigenvalue weighted by atomic mass is 19.1. The summed E-state index contributed by atoms with van der Waals surface area (Å²) in [4.78, 5) is 25.8. The predicted molar refractivity (Wildman–Crippen MR) is 86.2 cm³/mol. The Hall–Kier alpha value is -2.15. The molecule has 0 bridgehead atoms. The summed E-state index contributed by atoms with van der Waals surface area (Å²) in [6, 6.07) is 2.74. The molecule has 1 aliphatic rings. The Labute approximate surface area is 140 Å². The second kappa shape index (κ2) is 7.61. The average Bonchev–Trinajstić information content (AvgIpc) is 2.80. The number of ether oxygens (including phenoxy) is 2. The molecule has 1 N–H and O–H groups in total. The SMILES string of the molecule is COc1ccc(C(C)N2C(=O)NC(CCOC(C)C)C2=O)cc1F. The summed E-state index contributed by atoms with van der Waals surface area (Å²) in [6.45, 7) is 5.88. The monoisotopic (exact) mass is 338 g/mol. The first-order valence-corrected chi connectivity index (χ1v) is 7.93. The van der Waals surface area contributed by atoms with Crippen molar-refractivity contribution in [3.63, 3.8) is 0 Å². The van der Waals surface area contributed by atoms with Gasteiger partial charge in [-0.25, -0.2) is 9.18 Å². The van der Waals surface area contributed by atoms with Gasteiger partial charge in [-0.3, -0.25) is 9.69 Å². The van der Waals surface area contributed by atoms with Crippen molar-refractivity contribution in [2.24, 2.45) is 0 Å². The normalized spacial score (nSPS) is 18.9. The number of amides is 3. The number of nitrogens with one attached hydrogen (secondary N) is 1. The molecular weight excluding hydrogens is 315 g/mol. The summed E-state index contributed by atoms with van der Waals surface area (Å²) in [5.41, 5.74) is 0.524. The molecule has 0 aliphatic carbocycles. The molecular formula is C17H23FN2O4. The Morgan fingerprint density at radius 3 is 2.58 bits per heavy atom. The number of hydrogen-bond acceptors (Lipinski definition) is 4. The van der Waals surface area contributed by atoms with Gasteiger partial charge in [-0.2, -0.15) is 0 Å². The molecule has 1 aromatic rings. The van der Waals surface area contributed by atoms with Crippen LogP contribution in [-0.4, -0.2) is 42.7 Å². The zero-order valence-corrected chi connectivity index (χ0v) is 14.3. The Morgan fingerprint density at radius 2 is 2.00 bits per heavy atom. The van der Waals surface area contributed by atoms with Crippen molar-refractivity contribution >= 4 is 11.9 Å². The minimum Gasteiger partial charge on any atom is -0.494 e. The summed E-state index contributed by atoms with van der Waals surface area (Å²) >= 11 is 0. The first-order chi connectivity index (χ1) is 11.3. The second-order valence-corrected chi connectivity index (χ2v) is 5.99. The van der Waals surface area contributed by atoms with Gasteiger partial charge in [-0.15, -0.1) is 0 Å². The number of benzene rings is 1. The predicted octanol–water partition coefficient (Wildman–Crippen LogP) is 2.63. The summed E-state index contributed by atoms with van der Waals surface area (Å²) < 4.78 is 24.2. The van der Waals surface area contributed by atoms with Crippen molar-refractivity contribution in [1.29, 1.82) is 0 Å². The number of nitrogens with zero attached hydrogens (tertiary/aromatic N) is 1. The van der Waals surface area contributed by atoms with Crippen LogP contribution < -0.4 is 10.1 Å². The van der Waals surface area contributed by atoms with Crippen LogP contribution in [0.2, 0.25) is 0 Å². The average molecular weight is 338 g/mol. The van der Waals surface area contributed by atoms with Crippen molar-refractivity contribution in [3.05, 3.63) is 29.6 Å². The van der Waals surface area contributed by atoms with E-state index in [1.54, 1.807) is 13.0 Å². The molecule has 2 rings (SSSR count). The number of carbonyl (C=O) groups excluding carboxylic acids is 2. The van der Waals surface area contributed by atoms with Crippen LogP contribution in [0.1, 0.15) is 38.8 Å². The van der Waals surface area contributed by atoms with E-state index in [2.05, 4.69) is 5.32 Å². The molecule has 1 heterocycles. The minimum atomic E-state index is -0.609. The molecule has 0 aromatic heterocycles. The van der Waals surface area contributed by atoms with E-state index in [4.69, 9.17) is 9.47 Å². The number of hydrogen-bond donors (Lipinski definition) is 1. The van der Waals surface area contributed by atoms with Crippen LogP contribution in [0.3, 0.4) is 0 Å². The fourth-order valence-electron chi connectivity index (χ4n) is 2.62. The van der Waals surface area contributed by atoms with Crippen molar-refractivity contribution in [2.45, 2.75) is 45.4 Å². The molecule has 1 aliphatic heterocycles. The zero-order chi connectivity index (χ0) is 17.9. The highest BCUT2D eigenvalue weighted by Gasteiger charge is 2.40. The maximum Gasteiger partial charge on any atom is 0.325 e. The van der Waals surface area contributed by atoms with E-state index < -0.39 is 23.9 Å². The van der Waals surface area contributed by atoms with Gasteiger partial charge in [-0.05, 0) is 38.5 Å². The molecule has 6 nitrogen and oxygen atoms in total. The van der Waals surface area contributed by atoms with Gasteiger partial charge < -0.3 is 14.8 Å². The highest BCUT2D eigenvalue weighted by Crippen LogP contribution is 2.28. The van der Waals surface area contributed by atoms with Gasteiger partial charge in [0.15, 0.2) is 11.6 Å². The van der Waals surface area contributed by atoms with Gasteiger partial charge in [0.1, 0.15) is 6.04 Å². The lowest BCUT2D eigenvalue weighted by atomic mass is 10.1. The van der Waals surface area contributed by atoms with Crippen LogP contribution in [-0.2, 0) is 9.53 Å². The standard InChI is InChI=1S/C17H23FN2O4/c1-10(2)24-8-7-14-16(21)20(17(22)19-14)11(3)12-5-6-15(23-4)13(18)9-12/h5-6,9-11,14H,7-8H2,1-4H3,(H,19,22). The lowest BCUT2D eigenvalue weighted by Gasteiger charge is -2.22. The van der Waals surface area contributed by atoms with Crippen molar-refractivity contribution in [3.8, 4) is 5.75 Å². The molecule has 7 heteroatoms. The van der Waals surface area contributed by atoms with E-state index in [1.807, 2.05) is 13.8 Å². The third kappa shape index (κ3) is 3.84. The maximum atomic E-state index is 13.9. The van der Waals surface area contributed by atoms with Crippen LogP contribution in [0, 0.1) is 5.82 Å². The number of methoxy groups -OCH3 is 1. The Bertz CT molecular complexity index is 621. The quantitative estimate of drug-likeness (QED) is 0.776. The number of imide groups is 1. The lowest BCUT2D eigenvalue weighted by molar-refractivity contribution is -0.129. The zero-order valence-electron chi connectivity index (χ0n) is 14.3. The Kier molecular flexibility index (Phi) is 5.77. The fourth-order valence-corrected chi connectivity index (χ4v) is 2.62. The van der Waals surface area contributed by atoms with Gasteiger partial charge in [0.05, 0.1) is 19.3 Å². The van der Waals surface area contributed by atoms with Crippen molar-refractivity contribution < 1.29 is 23.5 Å². The maximum absolute atomic E-state index is 13.9. The summed E-state index contributed by atoms with van der Waals surface area (Å²) in [7, 11) is 1.38. The van der Waals surface area contributed by atoms with E-state index >= 15 is 0 Å². The van der Waals surface area contributed by atoms with Gasteiger partial charge in [0, 0.05) is 13.0 Å². The lowest BCUT2D eigenvalue weighted by Crippen LogP contribution is -2.34. The largest absolute Gasteiger partial charge is 0.494 e. The fraction of sp³-hybridized carbons (Fsp3) is 0.529. The molecule has 2 unspecified atom stereocenters. The number of urea groups is 1. The summed E-state index contributed by atoms with van der Waals surface area (Å²) in [6.07, 6.45) is 0.470. The van der Waals surface area contributed by atoms with Gasteiger partial charge in [0.25, 0.3) is 5.91 Å². The molecule has 0 spiro atoms. The summed E-state index contributed by atoms with van der Waals surface area (Å²) in [5, 5.41) is 2.65. The third-order valence-electron chi connectivity index (χ3n) is 3.96. The van der Waals surface area contributed by atoms with Gasteiger partial charge >= 0.3 is 6.03 Å². The molecule has 1 aromatic carbocycles. The van der Waals surface area contributed by atoms with Crippen LogP contribution in [0.15, 0.2) is 18.2 Å². The first-order valence-electron chi connectivity index (χ1n) is 7.93. The van der Waals surface area contributed by atoms with Crippen molar-refractivity contribution in [1.82, 2.24) is 10.2 Å². The Balaban J connectivity index is 2.09. The molecule has 0 saturated carbocycles. The second-order valence-electron chi connectivity index (χ2n) is 5.99. The highest BCUT2D eigenvalue weighted by molar-refractivity contribution is 6.04. The van der Waals surface area contributed by atoms with Gasteiger partial charge in [-0.1, -0.05) is 6.07 Å². The Morgan fingerprint density at radius 1 is 1.29 bits per heavy atom. The smallest absolute Gasteiger partial charge is 0.325 e. The molecule has 3 amide bonds. The van der Waals surface area contributed by atoms with Crippen molar-refractivity contribution in [2.75, 3.05) is 13.7 Å². The van der Waals surface area contributed by atoms with E-state index in [0.29, 0.717) is 18.6 Å². The molecule has 0 radical (unpaired) electrons. The topological polar surface area (TPSA) is 67.9 Å². The van der Waals surface area contributed by atoms with Gasteiger partial charge in [0.2, 0.25) is 0 Å². The molecule has 1 saturated heterocycles. The van der Waals surface area contributed by atoms with Crippen LogP contribution in [0.4, 0.5) is 9.18 Å². The minimum absolute atomic E-state index is 0.0644. The first kappa shape index (κ1) is 18.2. The molecule has 2 atom stereocenters. The van der Waals surface area contributed by atoms with E-state index in [0.717, 1.165) is 4.90 Å². The van der Waals surface area contributed by atoms with E-state index in [-0.39, 0.29) is 17.8 Å². The van der Waals surface area contributed by atoms with E-state index in [9.17, 15) is 14.0 Å². The molecule has 1 fully saturated rings. The molecule has 24 heavy (non-hydrogen) atoms.